The van der Waals surface area contributed by atoms with Crippen molar-refractivity contribution in [1.29, 1.82) is 0 Å². The van der Waals surface area contributed by atoms with Gasteiger partial charge in [0, 0.05) is 19.1 Å². The van der Waals surface area contributed by atoms with Gasteiger partial charge in [0.25, 0.3) is 0 Å². The molecule has 1 saturated heterocycles. The SMILES string of the molecule is CC(C)COc1ccc(CNC(=O)N(Cc2cccc3[nH]cnc23)C2CCNCC2)cc1. The molecule has 0 atom stereocenters. The Morgan fingerprint density at radius 3 is 2.72 bits per heavy atom. The van der Waals surface area contributed by atoms with Crippen LogP contribution in [0.15, 0.2) is 48.8 Å². The number of nitrogens with zero attached hydrogens (tertiary/aromatic N) is 2. The molecule has 1 aliphatic rings. The van der Waals surface area contributed by atoms with Crippen LogP contribution >= 0.6 is 0 Å². The lowest BCUT2D eigenvalue weighted by molar-refractivity contribution is 0.154. The zero-order valence-electron chi connectivity index (χ0n) is 18.9. The van der Waals surface area contributed by atoms with Gasteiger partial charge in [0.15, 0.2) is 0 Å². The predicted octanol–water partition coefficient (Wildman–Crippen LogP) is 4.06. The monoisotopic (exact) mass is 435 g/mol. The number of urea groups is 1. The van der Waals surface area contributed by atoms with Crippen LogP contribution in [0.3, 0.4) is 0 Å². The Morgan fingerprint density at radius 2 is 1.97 bits per heavy atom. The second-order valence-electron chi connectivity index (χ2n) is 8.83. The molecule has 170 valence electrons. The summed E-state index contributed by atoms with van der Waals surface area (Å²) in [7, 11) is 0. The van der Waals surface area contributed by atoms with E-state index in [4.69, 9.17) is 4.74 Å². The van der Waals surface area contributed by atoms with Crippen LogP contribution in [-0.4, -0.2) is 46.6 Å². The van der Waals surface area contributed by atoms with Crippen LogP contribution in [0, 0.1) is 5.92 Å². The molecule has 0 aliphatic carbocycles. The minimum Gasteiger partial charge on any atom is -0.493 e. The number of carbonyl (C=O) groups excluding carboxylic acids is 1. The van der Waals surface area contributed by atoms with E-state index >= 15 is 0 Å². The van der Waals surface area contributed by atoms with Crippen LogP contribution < -0.4 is 15.4 Å². The van der Waals surface area contributed by atoms with E-state index in [1.54, 1.807) is 6.33 Å². The number of amides is 2. The third-order valence-corrected chi connectivity index (χ3v) is 5.83. The van der Waals surface area contributed by atoms with Gasteiger partial charge in [0.05, 0.1) is 24.0 Å². The van der Waals surface area contributed by atoms with E-state index in [1.165, 1.54) is 0 Å². The summed E-state index contributed by atoms with van der Waals surface area (Å²) in [6, 6.07) is 14.2. The van der Waals surface area contributed by atoms with Crippen LogP contribution in [0.1, 0.15) is 37.8 Å². The minimum atomic E-state index is -0.0374. The third kappa shape index (κ3) is 5.59. The van der Waals surface area contributed by atoms with Gasteiger partial charge >= 0.3 is 6.03 Å². The van der Waals surface area contributed by atoms with Crippen molar-refractivity contribution in [3.63, 3.8) is 0 Å². The lowest BCUT2D eigenvalue weighted by Gasteiger charge is -2.35. The van der Waals surface area contributed by atoms with Gasteiger partial charge in [-0.25, -0.2) is 9.78 Å². The fourth-order valence-electron chi connectivity index (χ4n) is 4.07. The van der Waals surface area contributed by atoms with E-state index < -0.39 is 0 Å². The number of imidazole rings is 1. The number of ether oxygens (including phenoxy) is 1. The van der Waals surface area contributed by atoms with Crippen LogP contribution in [0.25, 0.3) is 11.0 Å². The predicted molar refractivity (Wildman–Crippen MR) is 127 cm³/mol. The lowest BCUT2D eigenvalue weighted by Crippen LogP contribution is -2.49. The Morgan fingerprint density at radius 1 is 1.19 bits per heavy atom. The summed E-state index contributed by atoms with van der Waals surface area (Å²) in [4.78, 5) is 22.9. The number of para-hydroxylation sites is 1. The van der Waals surface area contributed by atoms with Crippen molar-refractivity contribution in [2.45, 2.75) is 45.8 Å². The standard InChI is InChI=1S/C25H33N5O2/c1-18(2)16-32-22-8-6-19(7-9-22)14-27-25(31)30(21-10-12-26-13-11-21)15-20-4-3-5-23-24(20)29-17-28-23/h3-9,17-18,21,26H,10-16H2,1-2H3,(H,27,31)(H,28,29). The summed E-state index contributed by atoms with van der Waals surface area (Å²) in [5, 5.41) is 6.52. The fraction of sp³-hybridized carbons (Fsp3) is 0.440. The maximum atomic E-state index is 13.3. The van der Waals surface area contributed by atoms with Crippen molar-refractivity contribution in [2.24, 2.45) is 5.92 Å². The Bertz CT molecular complexity index is 1010. The van der Waals surface area contributed by atoms with E-state index in [2.05, 4.69) is 40.5 Å². The zero-order valence-corrected chi connectivity index (χ0v) is 18.9. The average molecular weight is 436 g/mol. The van der Waals surface area contributed by atoms with Crippen LogP contribution in [0.4, 0.5) is 4.79 Å². The van der Waals surface area contributed by atoms with Gasteiger partial charge in [0.1, 0.15) is 5.75 Å². The number of carbonyl (C=O) groups is 1. The number of hydrogen-bond acceptors (Lipinski definition) is 4. The largest absolute Gasteiger partial charge is 0.493 e. The fourth-order valence-corrected chi connectivity index (χ4v) is 4.07. The molecule has 0 spiro atoms. The third-order valence-electron chi connectivity index (χ3n) is 5.83. The highest BCUT2D eigenvalue weighted by atomic mass is 16.5. The number of H-pyrrole nitrogens is 1. The van der Waals surface area contributed by atoms with Gasteiger partial charge in [0.2, 0.25) is 0 Å². The molecule has 4 rings (SSSR count). The van der Waals surface area contributed by atoms with Crippen molar-refractivity contribution >= 4 is 17.1 Å². The summed E-state index contributed by atoms with van der Waals surface area (Å²) in [5.41, 5.74) is 4.03. The quantitative estimate of drug-likeness (QED) is 0.498. The molecule has 32 heavy (non-hydrogen) atoms. The highest BCUT2D eigenvalue weighted by Crippen LogP contribution is 2.21. The molecule has 3 N–H and O–H groups in total. The number of aromatic amines is 1. The molecular formula is C25H33N5O2. The first-order chi connectivity index (χ1) is 15.6. The minimum absolute atomic E-state index is 0.0374. The van der Waals surface area contributed by atoms with E-state index in [1.807, 2.05) is 41.3 Å². The molecular weight excluding hydrogens is 402 g/mol. The average Bonchev–Trinajstić information content (AvgIpc) is 3.30. The van der Waals surface area contributed by atoms with Gasteiger partial charge < -0.3 is 25.3 Å². The molecule has 7 heteroatoms. The molecule has 0 radical (unpaired) electrons. The second-order valence-corrected chi connectivity index (χ2v) is 8.83. The molecule has 7 nitrogen and oxygen atoms in total. The number of aromatic nitrogens is 2. The van der Waals surface area contributed by atoms with E-state index in [0.29, 0.717) is 25.6 Å². The van der Waals surface area contributed by atoms with Crippen molar-refractivity contribution in [2.75, 3.05) is 19.7 Å². The molecule has 0 unspecified atom stereocenters. The number of rotatable bonds is 8. The summed E-state index contributed by atoms with van der Waals surface area (Å²) in [6.45, 7) is 7.84. The molecule has 2 aromatic carbocycles. The number of nitrogens with one attached hydrogen (secondary N) is 3. The second kappa shape index (κ2) is 10.5. The first-order valence-electron chi connectivity index (χ1n) is 11.5. The maximum absolute atomic E-state index is 13.3. The number of benzene rings is 2. The van der Waals surface area contributed by atoms with Crippen molar-refractivity contribution in [3.05, 3.63) is 59.9 Å². The molecule has 2 amide bonds. The van der Waals surface area contributed by atoms with Crippen LogP contribution in [-0.2, 0) is 13.1 Å². The van der Waals surface area contributed by atoms with Crippen molar-refractivity contribution in [1.82, 2.24) is 25.5 Å². The van der Waals surface area contributed by atoms with Gasteiger partial charge in [-0.3, -0.25) is 0 Å². The molecule has 2 heterocycles. The number of fused-ring (bicyclic) bond motifs is 1. The van der Waals surface area contributed by atoms with E-state index in [0.717, 1.165) is 53.8 Å². The van der Waals surface area contributed by atoms with Gasteiger partial charge in [-0.15, -0.1) is 0 Å². The van der Waals surface area contributed by atoms with Gasteiger partial charge in [-0.1, -0.05) is 38.1 Å². The van der Waals surface area contributed by atoms with Gasteiger partial charge in [-0.2, -0.15) is 0 Å². The Kier molecular flexibility index (Phi) is 7.27. The topological polar surface area (TPSA) is 82.3 Å². The first-order valence-corrected chi connectivity index (χ1v) is 11.5. The van der Waals surface area contributed by atoms with Crippen LogP contribution in [0.5, 0.6) is 5.75 Å². The maximum Gasteiger partial charge on any atom is 0.318 e. The summed E-state index contributed by atoms with van der Waals surface area (Å²) >= 11 is 0. The molecule has 1 aliphatic heterocycles. The Labute approximate surface area is 189 Å². The molecule has 1 aromatic heterocycles. The number of piperidine rings is 1. The smallest absolute Gasteiger partial charge is 0.318 e. The summed E-state index contributed by atoms with van der Waals surface area (Å²) < 4.78 is 5.75. The lowest BCUT2D eigenvalue weighted by atomic mass is 10.0. The van der Waals surface area contributed by atoms with Gasteiger partial charge in [-0.05, 0) is 61.2 Å². The molecule has 0 saturated carbocycles. The Hall–Kier alpha value is -3.06. The Balaban J connectivity index is 1.43. The number of hydrogen-bond donors (Lipinski definition) is 3. The first kappa shape index (κ1) is 22.1. The van der Waals surface area contributed by atoms with E-state index in [-0.39, 0.29) is 12.1 Å². The van der Waals surface area contributed by atoms with Crippen molar-refractivity contribution < 1.29 is 9.53 Å². The molecule has 1 fully saturated rings. The van der Waals surface area contributed by atoms with Crippen molar-refractivity contribution in [3.8, 4) is 5.75 Å². The van der Waals surface area contributed by atoms with E-state index in [9.17, 15) is 4.79 Å². The highest BCUT2D eigenvalue weighted by molar-refractivity contribution is 5.79. The highest BCUT2D eigenvalue weighted by Gasteiger charge is 2.26. The summed E-state index contributed by atoms with van der Waals surface area (Å²) in [6.07, 6.45) is 3.61. The molecule has 0 bridgehead atoms. The zero-order chi connectivity index (χ0) is 22.3. The van der Waals surface area contributed by atoms with Crippen LogP contribution in [0.2, 0.25) is 0 Å². The summed E-state index contributed by atoms with van der Waals surface area (Å²) in [5.74, 6) is 1.35. The molecule has 3 aromatic rings. The normalized spacial score (nSPS) is 14.6.